The summed E-state index contributed by atoms with van der Waals surface area (Å²) in [5.74, 6) is 0.170. The van der Waals surface area contributed by atoms with Crippen LogP contribution in [0.4, 0.5) is 5.69 Å². The fourth-order valence-corrected chi connectivity index (χ4v) is 2.92. The first-order chi connectivity index (χ1) is 8.13. The molecule has 0 aliphatic carbocycles. The average Bonchev–Trinajstić information content (AvgIpc) is 2.30. The van der Waals surface area contributed by atoms with Crippen LogP contribution in [0.1, 0.15) is 18.4 Å². The van der Waals surface area contributed by atoms with Crippen LogP contribution in [0.25, 0.3) is 0 Å². The molecule has 1 unspecified atom stereocenters. The summed E-state index contributed by atoms with van der Waals surface area (Å²) in [4.78, 5) is 14.1. The first-order valence-electron chi connectivity index (χ1n) is 5.88. The number of carbonyl (C=O) groups excluding carboxylic acids is 1. The van der Waals surface area contributed by atoms with E-state index in [1.807, 2.05) is 37.1 Å². The Hall–Kier alpha value is -0.870. The van der Waals surface area contributed by atoms with Crippen molar-refractivity contribution in [2.75, 3.05) is 18.5 Å². The van der Waals surface area contributed by atoms with Gasteiger partial charge in [-0.15, -0.1) is 0 Å². The van der Waals surface area contributed by atoms with Crippen molar-refractivity contribution in [1.82, 2.24) is 5.32 Å². The van der Waals surface area contributed by atoms with E-state index in [0.717, 1.165) is 29.5 Å². The maximum atomic E-state index is 12.2. The third-order valence-electron chi connectivity index (χ3n) is 3.18. The Bertz CT molecular complexity index is 433. The minimum Gasteiger partial charge on any atom is -0.310 e. The normalized spacial score (nSPS) is 20.8. The first-order valence-corrected chi connectivity index (χ1v) is 6.67. The SMILES string of the molecule is CNC1CCCN(c2ccc(C)cc2Br)C1=O. The Morgan fingerprint density at radius 1 is 1.47 bits per heavy atom. The molecular weight excluding hydrogens is 280 g/mol. The van der Waals surface area contributed by atoms with Gasteiger partial charge in [-0.1, -0.05) is 6.07 Å². The summed E-state index contributed by atoms with van der Waals surface area (Å²) in [5.41, 5.74) is 2.16. The molecular formula is C13H17BrN2O. The number of hydrogen-bond acceptors (Lipinski definition) is 2. The summed E-state index contributed by atoms with van der Waals surface area (Å²) in [6.45, 7) is 2.85. The molecule has 0 bridgehead atoms. The van der Waals surface area contributed by atoms with Crippen molar-refractivity contribution in [3.63, 3.8) is 0 Å². The van der Waals surface area contributed by atoms with Gasteiger partial charge in [0.2, 0.25) is 5.91 Å². The minimum absolute atomic E-state index is 0.0445. The summed E-state index contributed by atoms with van der Waals surface area (Å²) >= 11 is 3.54. The largest absolute Gasteiger partial charge is 0.310 e. The predicted molar refractivity (Wildman–Crippen MR) is 73.3 cm³/mol. The summed E-state index contributed by atoms with van der Waals surface area (Å²) in [6.07, 6.45) is 1.97. The van der Waals surface area contributed by atoms with E-state index in [-0.39, 0.29) is 11.9 Å². The maximum absolute atomic E-state index is 12.2. The summed E-state index contributed by atoms with van der Waals surface area (Å²) in [7, 11) is 1.84. The molecule has 1 amide bonds. The molecule has 0 radical (unpaired) electrons. The molecule has 1 fully saturated rings. The molecule has 92 valence electrons. The van der Waals surface area contributed by atoms with Gasteiger partial charge in [0.05, 0.1) is 11.7 Å². The van der Waals surface area contributed by atoms with Crippen molar-refractivity contribution < 1.29 is 4.79 Å². The van der Waals surface area contributed by atoms with E-state index >= 15 is 0 Å². The Kier molecular flexibility index (Phi) is 3.84. The molecule has 1 aliphatic heterocycles. The lowest BCUT2D eigenvalue weighted by Gasteiger charge is -2.32. The minimum atomic E-state index is -0.0445. The quantitative estimate of drug-likeness (QED) is 0.909. The third-order valence-corrected chi connectivity index (χ3v) is 3.82. The smallest absolute Gasteiger partial charge is 0.244 e. The number of halogens is 1. The van der Waals surface area contributed by atoms with Gasteiger partial charge in [0, 0.05) is 11.0 Å². The van der Waals surface area contributed by atoms with Crippen molar-refractivity contribution in [2.45, 2.75) is 25.8 Å². The molecule has 0 spiro atoms. The molecule has 1 heterocycles. The van der Waals surface area contributed by atoms with Crippen molar-refractivity contribution in [3.8, 4) is 0 Å². The van der Waals surface area contributed by atoms with Crippen molar-refractivity contribution >= 4 is 27.5 Å². The predicted octanol–water partition coefficient (Wildman–Crippen LogP) is 2.47. The van der Waals surface area contributed by atoms with Crippen molar-refractivity contribution in [3.05, 3.63) is 28.2 Å². The highest BCUT2D eigenvalue weighted by Gasteiger charge is 2.29. The number of likely N-dealkylation sites (N-methyl/N-ethyl adjacent to an activating group) is 1. The second kappa shape index (κ2) is 5.19. The van der Waals surface area contributed by atoms with Gasteiger partial charge < -0.3 is 10.2 Å². The first kappa shape index (κ1) is 12.6. The molecule has 3 nitrogen and oxygen atoms in total. The van der Waals surface area contributed by atoms with Crippen LogP contribution in [0.15, 0.2) is 22.7 Å². The summed E-state index contributed by atoms with van der Waals surface area (Å²) in [6, 6.07) is 6.05. The molecule has 17 heavy (non-hydrogen) atoms. The van der Waals surface area contributed by atoms with Gasteiger partial charge >= 0.3 is 0 Å². The van der Waals surface area contributed by atoms with E-state index in [4.69, 9.17) is 0 Å². The van der Waals surface area contributed by atoms with E-state index in [0.29, 0.717) is 0 Å². The van der Waals surface area contributed by atoms with E-state index < -0.39 is 0 Å². The highest BCUT2D eigenvalue weighted by Crippen LogP contribution is 2.29. The van der Waals surface area contributed by atoms with Crippen LogP contribution in [-0.4, -0.2) is 25.5 Å². The molecule has 1 aromatic carbocycles. The molecule has 4 heteroatoms. The van der Waals surface area contributed by atoms with Crippen LogP contribution in [0.3, 0.4) is 0 Å². The van der Waals surface area contributed by atoms with Crippen LogP contribution < -0.4 is 10.2 Å². The number of anilines is 1. The molecule has 2 rings (SSSR count). The number of benzene rings is 1. The van der Waals surface area contributed by atoms with E-state index in [1.54, 1.807) is 0 Å². The van der Waals surface area contributed by atoms with Crippen LogP contribution >= 0.6 is 15.9 Å². The van der Waals surface area contributed by atoms with Gasteiger partial charge in [0.15, 0.2) is 0 Å². The highest BCUT2D eigenvalue weighted by atomic mass is 79.9. The number of piperidine rings is 1. The number of hydrogen-bond donors (Lipinski definition) is 1. The van der Waals surface area contributed by atoms with E-state index in [2.05, 4.69) is 21.2 Å². The van der Waals surface area contributed by atoms with Crippen LogP contribution in [0.2, 0.25) is 0 Å². The monoisotopic (exact) mass is 296 g/mol. The zero-order valence-electron chi connectivity index (χ0n) is 10.2. The highest BCUT2D eigenvalue weighted by molar-refractivity contribution is 9.10. The Balaban J connectivity index is 2.29. The van der Waals surface area contributed by atoms with Gasteiger partial charge in [-0.25, -0.2) is 0 Å². The van der Waals surface area contributed by atoms with E-state index in [1.165, 1.54) is 5.56 Å². The number of nitrogens with zero attached hydrogens (tertiary/aromatic N) is 1. The van der Waals surface area contributed by atoms with Crippen molar-refractivity contribution in [1.29, 1.82) is 0 Å². The topological polar surface area (TPSA) is 32.3 Å². The molecule has 1 aromatic rings. The molecule has 1 N–H and O–H groups in total. The van der Waals surface area contributed by atoms with Crippen molar-refractivity contribution in [2.24, 2.45) is 0 Å². The zero-order valence-corrected chi connectivity index (χ0v) is 11.8. The van der Waals surface area contributed by atoms with E-state index in [9.17, 15) is 4.79 Å². The van der Waals surface area contributed by atoms with Gasteiger partial charge in [0.1, 0.15) is 0 Å². The summed E-state index contributed by atoms with van der Waals surface area (Å²) in [5, 5.41) is 3.08. The zero-order chi connectivity index (χ0) is 12.4. The molecule has 1 saturated heterocycles. The molecule has 1 atom stereocenters. The lowest BCUT2D eigenvalue weighted by molar-refractivity contribution is -0.121. The van der Waals surface area contributed by atoms with Gasteiger partial charge in [-0.2, -0.15) is 0 Å². The second-order valence-electron chi connectivity index (χ2n) is 4.43. The van der Waals surface area contributed by atoms with Gasteiger partial charge in [-0.05, 0) is 60.4 Å². The maximum Gasteiger partial charge on any atom is 0.244 e. The molecule has 0 saturated carbocycles. The number of rotatable bonds is 2. The fraction of sp³-hybridized carbons (Fsp3) is 0.462. The fourth-order valence-electron chi connectivity index (χ4n) is 2.21. The second-order valence-corrected chi connectivity index (χ2v) is 5.28. The lowest BCUT2D eigenvalue weighted by atomic mass is 10.0. The van der Waals surface area contributed by atoms with Crippen LogP contribution in [0.5, 0.6) is 0 Å². The Morgan fingerprint density at radius 3 is 2.88 bits per heavy atom. The standard InChI is InChI=1S/C13H17BrN2O/c1-9-5-6-12(10(14)8-9)16-7-3-4-11(15-2)13(16)17/h5-6,8,11,15H,3-4,7H2,1-2H3. The number of carbonyl (C=O) groups is 1. The number of amides is 1. The van der Waals surface area contributed by atoms with Gasteiger partial charge in [-0.3, -0.25) is 4.79 Å². The third kappa shape index (κ3) is 2.53. The lowest BCUT2D eigenvalue weighted by Crippen LogP contribution is -2.49. The van der Waals surface area contributed by atoms with Gasteiger partial charge in [0.25, 0.3) is 0 Å². The molecule has 1 aliphatic rings. The number of nitrogens with one attached hydrogen (secondary N) is 1. The number of aryl methyl sites for hydroxylation is 1. The molecule has 0 aromatic heterocycles. The Labute approximate surface area is 110 Å². The van der Waals surface area contributed by atoms with Crippen LogP contribution in [0, 0.1) is 6.92 Å². The summed E-state index contributed by atoms with van der Waals surface area (Å²) < 4.78 is 0.989. The average molecular weight is 297 g/mol. The van der Waals surface area contributed by atoms with Crippen LogP contribution in [-0.2, 0) is 4.79 Å². The Morgan fingerprint density at radius 2 is 2.24 bits per heavy atom.